The highest BCUT2D eigenvalue weighted by Crippen LogP contribution is 2.19. The van der Waals surface area contributed by atoms with Gasteiger partial charge in [0.05, 0.1) is 12.8 Å². The molecule has 0 bridgehead atoms. The molecule has 0 aliphatic rings. The van der Waals surface area contributed by atoms with Gasteiger partial charge in [0.15, 0.2) is 0 Å². The number of hydrazone groups is 1. The third kappa shape index (κ3) is 5.54. The van der Waals surface area contributed by atoms with Crippen LogP contribution < -0.4 is 10.7 Å². The molecule has 0 saturated carbocycles. The van der Waals surface area contributed by atoms with Gasteiger partial charge in [-0.25, -0.2) is 5.43 Å². The molecule has 0 saturated heterocycles. The zero-order chi connectivity index (χ0) is 18.2. The van der Waals surface area contributed by atoms with E-state index in [4.69, 9.17) is 0 Å². The van der Waals surface area contributed by atoms with Crippen molar-refractivity contribution in [1.82, 2.24) is 10.7 Å². The van der Waals surface area contributed by atoms with Gasteiger partial charge in [-0.15, -0.1) is 0 Å². The number of nitrogens with zero attached hydrogens (tertiary/aromatic N) is 1. The van der Waals surface area contributed by atoms with Gasteiger partial charge in [0.25, 0.3) is 5.91 Å². The first-order valence-electron chi connectivity index (χ1n) is 8.63. The quantitative estimate of drug-likeness (QED) is 0.463. The first-order valence-corrected chi connectivity index (χ1v) is 8.63. The second-order valence-electron chi connectivity index (χ2n) is 6.38. The molecule has 0 aliphatic heterocycles. The predicted octanol–water partition coefficient (Wildman–Crippen LogP) is 3.20. The van der Waals surface area contributed by atoms with Gasteiger partial charge >= 0.3 is 0 Å². The van der Waals surface area contributed by atoms with Crippen molar-refractivity contribution in [2.75, 3.05) is 13.1 Å². The number of rotatable bonds is 7. The lowest BCUT2D eigenvalue weighted by atomic mass is 9.95. The number of amides is 1. The van der Waals surface area contributed by atoms with Crippen LogP contribution in [0.4, 0.5) is 0 Å². The number of benzene rings is 2. The highest BCUT2D eigenvalue weighted by molar-refractivity contribution is 5.86. The van der Waals surface area contributed by atoms with E-state index < -0.39 is 0 Å². The first kappa shape index (κ1) is 18.9. The van der Waals surface area contributed by atoms with Gasteiger partial charge in [0.1, 0.15) is 0 Å². The van der Waals surface area contributed by atoms with Crippen molar-refractivity contribution < 1.29 is 4.79 Å². The lowest BCUT2D eigenvalue weighted by Gasteiger charge is -2.11. The van der Waals surface area contributed by atoms with Crippen LogP contribution in [0.25, 0.3) is 0 Å². The summed E-state index contributed by atoms with van der Waals surface area (Å²) in [5, 5.41) is 7.26. The fourth-order valence-electron chi connectivity index (χ4n) is 2.73. The molecule has 25 heavy (non-hydrogen) atoms. The number of carbonyl (C=O) groups is 1. The molecular weight excluding hydrogens is 310 g/mol. The van der Waals surface area contributed by atoms with Crippen molar-refractivity contribution in [2.45, 2.75) is 34.1 Å². The molecule has 2 aromatic carbocycles. The van der Waals surface area contributed by atoms with Crippen LogP contribution in [0.3, 0.4) is 0 Å². The summed E-state index contributed by atoms with van der Waals surface area (Å²) < 4.78 is 0. The molecule has 0 aliphatic carbocycles. The Balaban J connectivity index is 1.79. The summed E-state index contributed by atoms with van der Waals surface area (Å²) in [6.07, 6.45) is 2.64. The zero-order valence-electron chi connectivity index (χ0n) is 15.5. The molecule has 0 fully saturated rings. The average Bonchev–Trinajstić information content (AvgIpc) is 2.61. The minimum atomic E-state index is -0.135. The van der Waals surface area contributed by atoms with Crippen LogP contribution in [0.15, 0.2) is 41.5 Å². The van der Waals surface area contributed by atoms with Gasteiger partial charge < -0.3 is 5.32 Å². The van der Waals surface area contributed by atoms with Crippen LogP contribution in [0.1, 0.15) is 33.4 Å². The fourth-order valence-corrected chi connectivity index (χ4v) is 2.73. The maximum atomic E-state index is 11.9. The van der Waals surface area contributed by atoms with Gasteiger partial charge in [-0.05, 0) is 68.5 Å². The maximum absolute atomic E-state index is 11.9. The Labute approximate surface area is 150 Å². The summed E-state index contributed by atoms with van der Waals surface area (Å²) in [6, 6.07) is 12.4. The van der Waals surface area contributed by atoms with Gasteiger partial charge in [-0.3, -0.25) is 4.79 Å². The predicted molar refractivity (Wildman–Crippen MR) is 104 cm³/mol. The molecule has 4 heteroatoms. The molecule has 1 amide bonds. The number of nitrogens with one attached hydrogen (secondary N) is 2. The topological polar surface area (TPSA) is 53.5 Å². The molecule has 0 radical (unpaired) electrons. The summed E-state index contributed by atoms with van der Waals surface area (Å²) in [7, 11) is 0. The molecule has 0 heterocycles. The van der Waals surface area contributed by atoms with Crippen LogP contribution in [0.5, 0.6) is 0 Å². The Morgan fingerprint density at radius 2 is 1.68 bits per heavy atom. The zero-order valence-corrected chi connectivity index (χ0v) is 15.5. The number of aryl methyl sites for hydroxylation is 2. The van der Waals surface area contributed by atoms with Crippen molar-refractivity contribution in [3.63, 3.8) is 0 Å². The average molecular weight is 337 g/mol. The molecule has 132 valence electrons. The highest BCUT2D eigenvalue weighted by Gasteiger charge is 2.06. The summed E-state index contributed by atoms with van der Waals surface area (Å²) in [4.78, 5) is 11.9. The number of hydrogen-bond acceptors (Lipinski definition) is 3. The first-order chi connectivity index (χ1) is 12.0. The Morgan fingerprint density at radius 1 is 1.04 bits per heavy atom. The van der Waals surface area contributed by atoms with Gasteiger partial charge in [0.2, 0.25) is 0 Å². The van der Waals surface area contributed by atoms with E-state index >= 15 is 0 Å². The molecule has 0 spiro atoms. The Hall–Kier alpha value is -2.46. The molecule has 0 aromatic heterocycles. The summed E-state index contributed by atoms with van der Waals surface area (Å²) in [6.45, 7) is 9.36. The Kier molecular flexibility index (Phi) is 6.90. The van der Waals surface area contributed by atoms with Crippen molar-refractivity contribution in [3.8, 4) is 0 Å². The van der Waals surface area contributed by atoms with Crippen LogP contribution in [-0.4, -0.2) is 25.2 Å². The van der Waals surface area contributed by atoms with E-state index in [0.29, 0.717) is 0 Å². The summed E-state index contributed by atoms with van der Waals surface area (Å²) in [5.41, 5.74) is 9.79. The van der Waals surface area contributed by atoms with Crippen molar-refractivity contribution in [3.05, 3.63) is 69.8 Å². The van der Waals surface area contributed by atoms with E-state index in [1.165, 1.54) is 27.8 Å². The monoisotopic (exact) mass is 337 g/mol. The Morgan fingerprint density at radius 3 is 2.32 bits per heavy atom. The third-order valence-electron chi connectivity index (χ3n) is 4.53. The van der Waals surface area contributed by atoms with Crippen LogP contribution >= 0.6 is 0 Å². The third-order valence-corrected chi connectivity index (χ3v) is 4.53. The molecular formula is C21H27N3O. The molecule has 2 rings (SSSR count). The van der Waals surface area contributed by atoms with Gasteiger partial charge in [-0.1, -0.05) is 36.4 Å². The van der Waals surface area contributed by atoms with E-state index in [0.717, 1.165) is 18.5 Å². The second kappa shape index (κ2) is 9.14. The van der Waals surface area contributed by atoms with Crippen molar-refractivity contribution in [2.24, 2.45) is 5.10 Å². The van der Waals surface area contributed by atoms with Crippen molar-refractivity contribution in [1.29, 1.82) is 0 Å². The minimum Gasteiger partial charge on any atom is -0.308 e. The lowest BCUT2D eigenvalue weighted by Crippen LogP contribution is -2.32. The van der Waals surface area contributed by atoms with E-state index in [-0.39, 0.29) is 12.5 Å². The van der Waals surface area contributed by atoms with E-state index in [9.17, 15) is 4.79 Å². The Bertz CT molecular complexity index is 725. The molecule has 0 atom stereocenters. The molecule has 4 nitrogen and oxygen atoms in total. The summed E-state index contributed by atoms with van der Waals surface area (Å²) >= 11 is 0. The minimum absolute atomic E-state index is 0.135. The highest BCUT2D eigenvalue weighted by atomic mass is 16.2. The molecule has 0 unspecified atom stereocenters. The van der Waals surface area contributed by atoms with Crippen LogP contribution in [0.2, 0.25) is 0 Å². The number of hydrogen-bond donors (Lipinski definition) is 2. The molecule has 2 aromatic rings. The van der Waals surface area contributed by atoms with Crippen LogP contribution in [0, 0.1) is 27.7 Å². The van der Waals surface area contributed by atoms with Crippen LogP contribution in [-0.2, 0) is 11.2 Å². The van der Waals surface area contributed by atoms with Gasteiger partial charge in [-0.2, -0.15) is 5.10 Å². The SMILES string of the molecule is Cc1cc(C)c(C)c(C=NNC(=O)CNCCc2ccccc2)c1C. The number of carbonyl (C=O) groups excluding carboxylic acids is 1. The lowest BCUT2D eigenvalue weighted by molar-refractivity contribution is -0.120. The van der Waals surface area contributed by atoms with Crippen molar-refractivity contribution >= 4 is 12.1 Å². The van der Waals surface area contributed by atoms with E-state index in [1.54, 1.807) is 6.21 Å². The molecule has 2 N–H and O–H groups in total. The van der Waals surface area contributed by atoms with E-state index in [1.807, 2.05) is 18.2 Å². The second-order valence-corrected chi connectivity index (χ2v) is 6.38. The fraction of sp³-hybridized carbons (Fsp3) is 0.333. The van der Waals surface area contributed by atoms with E-state index in [2.05, 4.69) is 61.7 Å². The standard InChI is InChI=1S/C21H27N3O/c1-15-12-16(2)18(4)20(17(15)3)13-23-24-21(25)14-22-11-10-19-8-6-5-7-9-19/h5-9,12-13,22H,10-11,14H2,1-4H3,(H,24,25). The van der Waals surface area contributed by atoms with Gasteiger partial charge in [0, 0.05) is 5.56 Å². The summed E-state index contributed by atoms with van der Waals surface area (Å²) in [5.74, 6) is -0.135. The normalized spacial score (nSPS) is 11.0. The maximum Gasteiger partial charge on any atom is 0.254 e. The smallest absolute Gasteiger partial charge is 0.254 e. The largest absolute Gasteiger partial charge is 0.308 e.